The Hall–Kier alpha value is -0.0800. The van der Waals surface area contributed by atoms with E-state index in [1.165, 1.54) is 19.3 Å². The van der Waals surface area contributed by atoms with Gasteiger partial charge in [-0.05, 0) is 61.2 Å². The Morgan fingerprint density at radius 3 is 1.62 bits per heavy atom. The molecule has 8 unspecified atom stereocenters. The summed E-state index contributed by atoms with van der Waals surface area (Å²) in [7, 11) is 0. The normalized spacial score (nSPS) is 66.0. The van der Waals surface area contributed by atoms with Crippen molar-refractivity contribution in [2.45, 2.75) is 37.9 Å². The molecule has 2 heterocycles. The Morgan fingerprint density at radius 2 is 1.19 bits per heavy atom. The van der Waals surface area contributed by atoms with Crippen LogP contribution in [0.15, 0.2) is 0 Å². The summed E-state index contributed by atoms with van der Waals surface area (Å²) in [5.74, 6) is 6.01. The van der Waals surface area contributed by atoms with Crippen molar-refractivity contribution in [2.75, 3.05) is 13.2 Å². The second-order valence-corrected chi connectivity index (χ2v) is 6.79. The van der Waals surface area contributed by atoms with Crippen LogP contribution in [0, 0.1) is 35.5 Å². The van der Waals surface area contributed by atoms with E-state index in [0.29, 0.717) is 12.2 Å². The fourth-order valence-electron chi connectivity index (χ4n) is 5.68. The van der Waals surface area contributed by atoms with Crippen molar-refractivity contribution in [1.29, 1.82) is 0 Å². The van der Waals surface area contributed by atoms with Crippen molar-refractivity contribution in [1.82, 2.24) is 0 Å². The summed E-state index contributed by atoms with van der Waals surface area (Å²) in [6, 6.07) is 0. The SMILES string of the molecule is C1CC2CC1C1C(C3CO3)CC(C3CO3)C21. The van der Waals surface area contributed by atoms with Gasteiger partial charge in [0, 0.05) is 0 Å². The predicted molar refractivity (Wildman–Crippen MR) is 58.9 cm³/mol. The zero-order valence-corrected chi connectivity index (χ0v) is 9.68. The maximum absolute atomic E-state index is 5.62. The molecule has 0 aromatic carbocycles. The first-order valence-corrected chi connectivity index (χ1v) is 7.15. The van der Waals surface area contributed by atoms with Crippen LogP contribution in [0.2, 0.25) is 0 Å². The summed E-state index contributed by atoms with van der Waals surface area (Å²) >= 11 is 0. The van der Waals surface area contributed by atoms with Gasteiger partial charge < -0.3 is 9.47 Å². The monoisotopic (exact) mass is 220 g/mol. The van der Waals surface area contributed by atoms with Crippen LogP contribution in [0.1, 0.15) is 25.7 Å². The van der Waals surface area contributed by atoms with Gasteiger partial charge in [-0.3, -0.25) is 0 Å². The highest BCUT2D eigenvalue weighted by atomic mass is 16.6. The van der Waals surface area contributed by atoms with E-state index < -0.39 is 0 Å². The van der Waals surface area contributed by atoms with Gasteiger partial charge in [0.2, 0.25) is 0 Å². The molecule has 0 aromatic heterocycles. The highest BCUT2D eigenvalue weighted by molar-refractivity contribution is 5.10. The lowest BCUT2D eigenvalue weighted by molar-refractivity contribution is 0.159. The average molecular weight is 220 g/mol. The summed E-state index contributed by atoms with van der Waals surface area (Å²) in [5.41, 5.74) is 0. The lowest BCUT2D eigenvalue weighted by Gasteiger charge is -2.30. The second-order valence-electron chi connectivity index (χ2n) is 6.79. The molecule has 0 spiro atoms. The molecule has 5 rings (SSSR count). The zero-order chi connectivity index (χ0) is 10.3. The first-order valence-electron chi connectivity index (χ1n) is 7.15. The van der Waals surface area contributed by atoms with Gasteiger partial charge >= 0.3 is 0 Å². The topological polar surface area (TPSA) is 25.1 Å². The molecule has 2 bridgehead atoms. The highest BCUT2D eigenvalue weighted by Crippen LogP contribution is 2.65. The maximum Gasteiger partial charge on any atom is 0.0841 e. The van der Waals surface area contributed by atoms with E-state index in [1.54, 1.807) is 6.42 Å². The molecule has 0 radical (unpaired) electrons. The molecule has 0 N–H and O–H groups in total. The Kier molecular flexibility index (Phi) is 1.58. The van der Waals surface area contributed by atoms with Gasteiger partial charge in [-0.15, -0.1) is 0 Å². The molecule has 0 aromatic rings. The molecule has 3 aliphatic carbocycles. The minimum absolute atomic E-state index is 0.649. The van der Waals surface area contributed by atoms with Gasteiger partial charge in [0.25, 0.3) is 0 Å². The Balaban J connectivity index is 1.50. The van der Waals surface area contributed by atoms with E-state index in [9.17, 15) is 0 Å². The van der Waals surface area contributed by atoms with Crippen LogP contribution in [0.3, 0.4) is 0 Å². The Bertz CT molecular complexity index is 291. The van der Waals surface area contributed by atoms with E-state index in [-0.39, 0.29) is 0 Å². The number of hydrogen-bond donors (Lipinski definition) is 0. The molecule has 5 aliphatic rings. The minimum Gasteiger partial charge on any atom is -0.373 e. The van der Waals surface area contributed by atoms with Crippen LogP contribution < -0.4 is 0 Å². The molecule has 0 amide bonds. The van der Waals surface area contributed by atoms with Crippen LogP contribution in [-0.4, -0.2) is 25.4 Å². The first kappa shape index (κ1) is 8.93. The van der Waals surface area contributed by atoms with E-state index in [4.69, 9.17) is 9.47 Å². The van der Waals surface area contributed by atoms with Crippen molar-refractivity contribution >= 4 is 0 Å². The van der Waals surface area contributed by atoms with Crippen LogP contribution >= 0.6 is 0 Å². The number of epoxide rings is 2. The van der Waals surface area contributed by atoms with E-state index in [2.05, 4.69) is 0 Å². The number of fused-ring (bicyclic) bond motifs is 5. The second kappa shape index (κ2) is 2.84. The summed E-state index contributed by atoms with van der Waals surface area (Å²) in [5, 5.41) is 0. The third kappa shape index (κ3) is 1.06. The quantitative estimate of drug-likeness (QED) is 0.666. The lowest BCUT2D eigenvalue weighted by atomic mass is 9.75. The summed E-state index contributed by atoms with van der Waals surface area (Å²) in [6.45, 7) is 2.12. The summed E-state index contributed by atoms with van der Waals surface area (Å²) in [4.78, 5) is 0. The minimum atomic E-state index is 0.649. The van der Waals surface area contributed by atoms with Crippen molar-refractivity contribution in [3.63, 3.8) is 0 Å². The number of rotatable bonds is 2. The van der Waals surface area contributed by atoms with Crippen molar-refractivity contribution in [3.05, 3.63) is 0 Å². The molecule has 2 aliphatic heterocycles. The fraction of sp³-hybridized carbons (Fsp3) is 1.00. The van der Waals surface area contributed by atoms with Gasteiger partial charge in [-0.1, -0.05) is 0 Å². The van der Waals surface area contributed by atoms with Gasteiger partial charge in [0.05, 0.1) is 25.4 Å². The molecule has 2 nitrogen and oxygen atoms in total. The predicted octanol–water partition coefficient (Wildman–Crippen LogP) is 2.08. The molecular weight excluding hydrogens is 200 g/mol. The summed E-state index contributed by atoms with van der Waals surface area (Å²) < 4.78 is 11.2. The van der Waals surface area contributed by atoms with Crippen molar-refractivity contribution in [3.8, 4) is 0 Å². The van der Waals surface area contributed by atoms with Gasteiger partial charge in [-0.25, -0.2) is 0 Å². The maximum atomic E-state index is 5.62. The third-order valence-corrected chi connectivity index (χ3v) is 6.25. The molecule has 16 heavy (non-hydrogen) atoms. The van der Waals surface area contributed by atoms with Crippen LogP contribution in [0.25, 0.3) is 0 Å². The molecule has 5 fully saturated rings. The van der Waals surface area contributed by atoms with E-state index >= 15 is 0 Å². The zero-order valence-electron chi connectivity index (χ0n) is 9.68. The summed E-state index contributed by atoms with van der Waals surface area (Å²) in [6.07, 6.45) is 7.31. The smallest absolute Gasteiger partial charge is 0.0841 e. The molecular formula is C14H20O2. The Labute approximate surface area is 96.7 Å². The fourth-order valence-corrected chi connectivity index (χ4v) is 5.68. The number of ether oxygens (including phenoxy) is 2. The Morgan fingerprint density at radius 1 is 0.688 bits per heavy atom. The van der Waals surface area contributed by atoms with Crippen molar-refractivity contribution in [2.24, 2.45) is 35.5 Å². The van der Waals surface area contributed by atoms with Crippen molar-refractivity contribution < 1.29 is 9.47 Å². The average Bonchev–Trinajstić information content (AvgIpc) is 3.20. The lowest BCUT2D eigenvalue weighted by Crippen LogP contribution is -2.27. The first-order chi connectivity index (χ1) is 7.92. The highest BCUT2D eigenvalue weighted by Gasteiger charge is 2.62. The third-order valence-electron chi connectivity index (χ3n) is 6.25. The molecule has 2 saturated heterocycles. The van der Waals surface area contributed by atoms with Gasteiger partial charge in [-0.2, -0.15) is 0 Å². The largest absolute Gasteiger partial charge is 0.373 e. The number of hydrogen-bond acceptors (Lipinski definition) is 2. The van der Waals surface area contributed by atoms with E-state index in [1.807, 2.05) is 0 Å². The van der Waals surface area contributed by atoms with Gasteiger partial charge in [0.15, 0.2) is 0 Å². The van der Waals surface area contributed by atoms with Crippen LogP contribution in [0.4, 0.5) is 0 Å². The van der Waals surface area contributed by atoms with Crippen LogP contribution in [-0.2, 0) is 9.47 Å². The molecule has 3 saturated carbocycles. The van der Waals surface area contributed by atoms with E-state index in [0.717, 1.165) is 48.7 Å². The standard InChI is InChI=1S/C14H20O2/c1-2-8-3-7(1)13-9(11-5-15-11)4-10(14(8)13)12-6-16-12/h7-14H,1-6H2. The molecule has 2 heteroatoms. The molecule has 8 atom stereocenters. The van der Waals surface area contributed by atoms with Gasteiger partial charge in [0.1, 0.15) is 0 Å². The van der Waals surface area contributed by atoms with Crippen LogP contribution in [0.5, 0.6) is 0 Å². The molecule has 88 valence electrons.